The molecule has 2 N–H and O–H groups in total. The van der Waals surface area contributed by atoms with Crippen molar-refractivity contribution in [1.82, 2.24) is 10.2 Å². The second kappa shape index (κ2) is 10.4. The summed E-state index contributed by atoms with van der Waals surface area (Å²) in [5.41, 5.74) is 2.71. The highest BCUT2D eigenvalue weighted by molar-refractivity contribution is 5.97. The number of hydrogen-bond donors (Lipinski definition) is 2. The summed E-state index contributed by atoms with van der Waals surface area (Å²) in [6.45, 7) is 5.96. The average molecular weight is 531 g/mol. The Morgan fingerprint density at radius 3 is 2.41 bits per heavy atom. The van der Waals surface area contributed by atoms with E-state index in [2.05, 4.69) is 5.32 Å². The van der Waals surface area contributed by atoms with Gasteiger partial charge in [-0.15, -0.1) is 0 Å². The van der Waals surface area contributed by atoms with E-state index in [1.54, 1.807) is 43.3 Å². The number of carboxylic acids is 1. The molecule has 0 bridgehead atoms. The van der Waals surface area contributed by atoms with Gasteiger partial charge in [0.1, 0.15) is 23.0 Å². The Morgan fingerprint density at radius 1 is 1.00 bits per heavy atom. The smallest absolute Gasteiger partial charge is 0.340 e. The number of carbonyl (C=O) groups is 3. The first-order chi connectivity index (χ1) is 18.7. The van der Waals surface area contributed by atoms with Gasteiger partial charge in [-0.25, -0.2) is 9.59 Å². The molecular formula is C30H30N2O7. The van der Waals surface area contributed by atoms with Crippen molar-refractivity contribution in [2.75, 3.05) is 6.54 Å². The minimum absolute atomic E-state index is 0.226. The molecule has 0 aliphatic carbocycles. The summed E-state index contributed by atoms with van der Waals surface area (Å²) in [5.74, 6) is -1.32. The second-order valence-corrected chi connectivity index (χ2v) is 10.1. The molecule has 1 aliphatic rings. The highest BCUT2D eigenvalue weighted by Gasteiger charge is 2.35. The lowest BCUT2D eigenvalue weighted by Gasteiger charge is -2.35. The first-order valence-electron chi connectivity index (χ1n) is 13.0. The number of aryl methyl sites for hydroxylation is 3. The molecule has 3 heterocycles. The molecule has 2 amide bonds. The van der Waals surface area contributed by atoms with Gasteiger partial charge >= 0.3 is 11.6 Å². The fraction of sp³-hybridized carbons (Fsp3) is 0.333. The van der Waals surface area contributed by atoms with Gasteiger partial charge in [-0.2, -0.15) is 0 Å². The molecule has 5 rings (SSSR count). The van der Waals surface area contributed by atoms with Gasteiger partial charge in [0.15, 0.2) is 6.04 Å². The van der Waals surface area contributed by atoms with E-state index in [1.807, 2.05) is 19.9 Å². The van der Waals surface area contributed by atoms with Crippen LogP contribution in [0.5, 0.6) is 0 Å². The number of furan rings is 1. The summed E-state index contributed by atoms with van der Waals surface area (Å²) in [7, 11) is 0. The summed E-state index contributed by atoms with van der Waals surface area (Å²) in [5, 5.41) is 14.0. The highest BCUT2D eigenvalue weighted by Crippen LogP contribution is 2.31. The van der Waals surface area contributed by atoms with Crippen LogP contribution in [0.1, 0.15) is 53.3 Å². The zero-order chi connectivity index (χ0) is 27.8. The van der Waals surface area contributed by atoms with E-state index in [0.717, 1.165) is 23.1 Å². The number of aliphatic carboxylic acids is 1. The fourth-order valence-electron chi connectivity index (χ4n) is 5.36. The lowest BCUT2D eigenvalue weighted by molar-refractivity contribution is -0.145. The summed E-state index contributed by atoms with van der Waals surface area (Å²) in [6.07, 6.45) is 1.61. The molecule has 2 aromatic heterocycles. The van der Waals surface area contributed by atoms with Crippen molar-refractivity contribution >= 4 is 39.7 Å². The maximum Gasteiger partial charge on any atom is 0.340 e. The molecule has 0 radical (unpaired) electrons. The zero-order valence-corrected chi connectivity index (χ0v) is 22.1. The van der Waals surface area contributed by atoms with Gasteiger partial charge in [0.25, 0.3) is 0 Å². The quantitative estimate of drug-likeness (QED) is 0.355. The largest absolute Gasteiger partial charge is 0.479 e. The van der Waals surface area contributed by atoms with Crippen molar-refractivity contribution in [3.05, 3.63) is 80.9 Å². The molecular weight excluding hydrogens is 500 g/mol. The number of amides is 2. The molecule has 1 aliphatic heterocycles. The molecule has 4 aromatic rings. The molecule has 0 unspecified atom stereocenters. The summed E-state index contributed by atoms with van der Waals surface area (Å²) in [6, 6.07) is 9.96. The number of piperidine rings is 1. The third-order valence-electron chi connectivity index (χ3n) is 7.70. The van der Waals surface area contributed by atoms with Crippen molar-refractivity contribution < 1.29 is 28.3 Å². The van der Waals surface area contributed by atoms with Crippen molar-refractivity contribution in [3.8, 4) is 0 Å². The fourth-order valence-corrected chi connectivity index (χ4v) is 5.36. The number of benzene rings is 2. The van der Waals surface area contributed by atoms with Crippen LogP contribution >= 0.6 is 0 Å². The Kier molecular flexibility index (Phi) is 6.99. The SMILES string of the molecule is Cc1oc2cc3oc(=O)c(CC(=O)N4CCCC[C@@H]4C(=O)N[C@@H](C(=O)O)c4ccccc4)c(C)c3cc2c1C. The first-order valence-corrected chi connectivity index (χ1v) is 13.0. The number of likely N-dealkylation sites (tertiary alicyclic amines) is 1. The lowest BCUT2D eigenvalue weighted by Crippen LogP contribution is -2.53. The predicted molar refractivity (Wildman–Crippen MR) is 144 cm³/mol. The standard InChI is InChI=1S/C30H30N2O7/c1-16-18(3)38-24-15-25-21(13-20(16)24)17(2)22(30(37)39-25)14-26(33)32-12-8-7-11-23(32)28(34)31-27(29(35)36)19-9-5-4-6-10-19/h4-6,9-10,13,15,23,27H,7-8,11-12,14H2,1-3H3,(H,31,34)(H,35,36)/t23-,27-/m1/s1. The number of fused-ring (bicyclic) bond motifs is 2. The Hall–Kier alpha value is -4.40. The first kappa shape index (κ1) is 26.2. The third kappa shape index (κ3) is 4.92. The zero-order valence-electron chi connectivity index (χ0n) is 22.1. The average Bonchev–Trinajstić information content (AvgIpc) is 3.20. The monoisotopic (exact) mass is 530 g/mol. The van der Waals surface area contributed by atoms with Crippen molar-refractivity contribution in [2.24, 2.45) is 0 Å². The van der Waals surface area contributed by atoms with E-state index >= 15 is 0 Å². The maximum atomic E-state index is 13.5. The van der Waals surface area contributed by atoms with Crippen LogP contribution in [0.3, 0.4) is 0 Å². The van der Waals surface area contributed by atoms with Gasteiger partial charge in [-0.1, -0.05) is 30.3 Å². The molecule has 2 atom stereocenters. The highest BCUT2D eigenvalue weighted by atomic mass is 16.4. The number of nitrogens with zero attached hydrogens (tertiary/aromatic N) is 1. The number of hydrogen-bond acceptors (Lipinski definition) is 6. The number of rotatable bonds is 6. The van der Waals surface area contributed by atoms with Gasteiger partial charge in [0.05, 0.1) is 12.0 Å². The van der Waals surface area contributed by atoms with E-state index in [1.165, 1.54) is 4.90 Å². The minimum atomic E-state index is -1.24. The van der Waals surface area contributed by atoms with Gasteiger partial charge in [0.2, 0.25) is 11.8 Å². The van der Waals surface area contributed by atoms with Crippen LogP contribution in [-0.2, 0) is 20.8 Å². The summed E-state index contributed by atoms with van der Waals surface area (Å²) >= 11 is 0. The van der Waals surface area contributed by atoms with Crippen molar-refractivity contribution in [2.45, 2.75) is 58.5 Å². The van der Waals surface area contributed by atoms with E-state index in [-0.39, 0.29) is 17.9 Å². The van der Waals surface area contributed by atoms with Gasteiger partial charge in [-0.05, 0) is 62.8 Å². The number of nitrogens with one attached hydrogen (secondary N) is 1. The molecule has 0 spiro atoms. The van der Waals surface area contributed by atoms with Crippen LogP contribution in [0.15, 0.2) is 56.1 Å². The van der Waals surface area contributed by atoms with E-state index in [9.17, 15) is 24.3 Å². The van der Waals surface area contributed by atoms with E-state index in [4.69, 9.17) is 8.83 Å². The topological polar surface area (TPSA) is 130 Å². The van der Waals surface area contributed by atoms with Crippen LogP contribution in [-0.4, -0.2) is 40.4 Å². The molecule has 202 valence electrons. The molecule has 39 heavy (non-hydrogen) atoms. The molecule has 1 saturated heterocycles. The van der Waals surface area contributed by atoms with Crippen LogP contribution in [0.4, 0.5) is 0 Å². The lowest BCUT2D eigenvalue weighted by atomic mass is 9.97. The minimum Gasteiger partial charge on any atom is -0.479 e. The Labute approximate surface area is 224 Å². The Balaban J connectivity index is 1.42. The Bertz CT molecular complexity index is 1650. The third-order valence-corrected chi connectivity index (χ3v) is 7.70. The van der Waals surface area contributed by atoms with Gasteiger partial charge in [0, 0.05) is 23.4 Å². The Morgan fingerprint density at radius 2 is 1.69 bits per heavy atom. The van der Waals surface area contributed by atoms with Gasteiger partial charge < -0.3 is 24.2 Å². The van der Waals surface area contributed by atoms with Crippen LogP contribution in [0.2, 0.25) is 0 Å². The maximum absolute atomic E-state index is 13.5. The summed E-state index contributed by atoms with van der Waals surface area (Å²) in [4.78, 5) is 53.1. The van der Waals surface area contributed by atoms with Crippen LogP contribution in [0, 0.1) is 20.8 Å². The van der Waals surface area contributed by atoms with Crippen LogP contribution in [0.25, 0.3) is 21.9 Å². The van der Waals surface area contributed by atoms with Crippen molar-refractivity contribution in [3.63, 3.8) is 0 Å². The molecule has 1 fully saturated rings. The van der Waals surface area contributed by atoms with E-state index in [0.29, 0.717) is 47.1 Å². The predicted octanol–water partition coefficient (Wildman–Crippen LogP) is 4.33. The normalized spacial score (nSPS) is 16.4. The molecule has 0 saturated carbocycles. The van der Waals surface area contributed by atoms with E-state index < -0.39 is 29.6 Å². The summed E-state index contributed by atoms with van der Waals surface area (Å²) < 4.78 is 11.4. The molecule has 2 aromatic carbocycles. The van der Waals surface area contributed by atoms with Crippen molar-refractivity contribution in [1.29, 1.82) is 0 Å². The number of carbonyl (C=O) groups excluding carboxylic acids is 2. The molecule has 9 nitrogen and oxygen atoms in total. The van der Waals surface area contributed by atoms with Crippen LogP contribution < -0.4 is 10.9 Å². The van der Waals surface area contributed by atoms with Gasteiger partial charge in [-0.3, -0.25) is 9.59 Å². The molecule has 9 heteroatoms. The number of carboxylic acid groups (broad SMARTS) is 1. The second-order valence-electron chi connectivity index (χ2n) is 10.1.